The van der Waals surface area contributed by atoms with Gasteiger partial charge in [0, 0.05) is 6.42 Å². The van der Waals surface area contributed by atoms with E-state index in [4.69, 9.17) is 5.11 Å². The van der Waals surface area contributed by atoms with Crippen LogP contribution in [0.25, 0.3) is 0 Å². The number of carbonyl (C=O) groups excluding carboxylic acids is 1. The Morgan fingerprint density at radius 1 is 1.09 bits per heavy atom. The van der Waals surface area contributed by atoms with E-state index in [-0.39, 0.29) is 17.5 Å². The Hall–Kier alpha value is -2.62. The highest BCUT2D eigenvalue weighted by Crippen LogP contribution is 2.17. The maximum Gasteiger partial charge on any atom is 0.335 e. The molecule has 0 saturated carbocycles. The monoisotopic (exact) mass is 311 g/mol. The molecule has 0 aliphatic carbocycles. The van der Waals surface area contributed by atoms with Gasteiger partial charge < -0.3 is 10.4 Å². The van der Waals surface area contributed by atoms with Crippen LogP contribution in [0.15, 0.2) is 48.5 Å². The second-order valence-electron chi connectivity index (χ2n) is 5.65. The largest absolute Gasteiger partial charge is 0.478 e. The maximum atomic E-state index is 12.1. The minimum absolute atomic E-state index is 0.0111. The van der Waals surface area contributed by atoms with Gasteiger partial charge in [-0.3, -0.25) is 4.79 Å². The van der Waals surface area contributed by atoms with Crippen LogP contribution < -0.4 is 5.32 Å². The standard InChI is InChI=1S/C19H21NO3/c1-13-5-3-4-6-17(13)14(2)20-18(21)12-9-15-7-10-16(11-8-15)19(22)23/h3-8,10-11,14H,9,12H2,1-2H3,(H,20,21)(H,22,23). The number of nitrogens with one attached hydrogen (secondary N) is 1. The van der Waals surface area contributed by atoms with E-state index in [0.29, 0.717) is 12.8 Å². The summed E-state index contributed by atoms with van der Waals surface area (Å²) in [4.78, 5) is 22.9. The summed E-state index contributed by atoms with van der Waals surface area (Å²) in [6, 6.07) is 14.6. The molecule has 4 nitrogen and oxygen atoms in total. The van der Waals surface area contributed by atoms with Crippen molar-refractivity contribution in [3.63, 3.8) is 0 Å². The van der Waals surface area contributed by atoms with E-state index in [9.17, 15) is 9.59 Å². The fraction of sp³-hybridized carbons (Fsp3) is 0.263. The van der Waals surface area contributed by atoms with Crippen LogP contribution in [0, 0.1) is 6.92 Å². The van der Waals surface area contributed by atoms with Gasteiger partial charge in [-0.05, 0) is 49.1 Å². The average molecular weight is 311 g/mol. The number of aryl methyl sites for hydroxylation is 2. The molecule has 1 amide bonds. The van der Waals surface area contributed by atoms with E-state index >= 15 is 0 Å². The second kappa shape index (κ2) is 7.58. The van der Waals surface area contributed by atoms with Crippen LogP contribution in [0.2, 0.25) is 0 Å². The number of rotatable bonds is 6. The van der Waals surface area contributed by atoms with Gasteiger partial charge in [0.05, 0.1) is 11.6 Å². The predicted octanol–water partition coefficient (Wildman–Crippen LogP) is 3.50. The highest BCUT2D eigenvalue weighted by Gasteiger charge is 2.11. The fourth-order valence-corrected chi connectivity index (χ4v) is 2.54. The van der Waals surface area contributed by atoms with Crippen molar-refractivity contribution in [3.8, 4) is 0 Å². The summed E-state index contributed by atoms with van der Waals surface area (Å²) >= 11 is 0. The summed E-state index contributed by atoms with van der Waals surface area (Å²) in [6.07, 6.45) is 0.967. The molecule has 0 heterocycles. The Morgan fingerprint density at radius 3 is 2.35 bits per heavy atom. The van der Waals surface area contributed by atoms with Crippen molar-refractivity contribution in [1.29, 1.82) is 0 Å². The summed E-state index contributed by atoms with van der Waals surface area (Å²) in [7, 11) is 0. The molecular formula is C19H21NO3. The Kier molecular flexibility index (Phi) is 5.52. The molecule has 23 heavy (non-hydrogen) atoms. The van der Waals surface area contributed by atoms with Gasteiger partial charge in [0.25, 0.3) is 0 Å². The molecule has 1 atom stereocenters. The molecule has 0 radical (unpaired) electrons. The first-order chi connectivity index (χ1) is 11.0. The number of hydrogen-bond acceptors (Lipinski definition) is 2. The smallest absolute Gasteiger partial charge is 0.335 e. The van der Waals surface area contributed by atoms with Crippen LogP contribution in [0.4, 0.5) is 0 Å². The van der Waals surface area contributed by atoms with Crippen molar-refractivity contribution in [2.75, 3.05) is 0 Å². The van der Waals surface area contributed by atoms with E-state index in [1.165, 1.54) is 0 Å². The molecule has 0 bridgehead atoms. The van der Waals surface area contributed by atoms with Crippen LogP contribution in [0.1, 0.15) is 46.4 Å². The van der Waals surface area contributed by atoms with Crippen molar-refractivity contribution in [2.24, 2.45) is 0 Å². The molecule has 0 aliphatic rings. The number of hydrogen-bond donors (Lipinski definition) is 2. The van der Waals surface area contributed by atoms with Gasteiger partial charge in [0.15, 0.2) is 0 Å². The third kappa shape index (κ3) is 4.68. The highest BCUT2D eigenvalue weighted by molar-refractivity contribution is 5.87. The zero-order chi connectivity index (χ0) is 16.8. The minimum atomic E-state index is -0.943. The normalized spacial score (nSPS) is 11.7. The van der Waals surface area contributed by atoms with Crippen molar-refractivity contribution in [3.05, 3.63) is 70.8 Å². The quantitative estimate of drug-likeness (QED) is 0.858. The maximum absolute atomic E-state index is 12.1. The van der Waals surface area contributed by atoms with Crippen LogP contribution in [0.3, 0.4) is 0 Å². The summed E-state index contributed by atoms with van der Waals surface area (Å²) in [5.41, 5.74) is 3.48. The summed E-state index contributed by atoms with van der Waals surface area (Å²) in [5.74, 6) is -0.954. The van der Waals surface area contributed by atoms with Gasteiger partial charge in [-0.25, -0.2) is 4.79 Å². The zero-order valence-electron chi connectivity index (χ0n) is 13.4. The van der Waals surface area contributed by atoms with Crippen LogP contribution in [-0.2, 0) is 11.2 Å². The van der Waals surface area contributed by atoms with Gasteiger partial charge in [-0.1, -0.05) is 36.4 Å². The van der Waals surface area contributed by atoms with Gasteiger partial charge in [-0.2, -0.15) is 0 Å². The topological polar surface area (TPSA) is 66.4 Å². The molecule has 120 valence electrons. The molecule has 2 aromatic carbocycles. The Labute approximate surface area is 136 Å². The lowest BCUT2D eigenvalue weighted by Crippen LogP contribution is -2.27. The molecule has 2 N–H and O–H groups in total. The van der Waals surface area contributed by atoms with Crippen molar-refractivity contribution < 1.29 is 14.7 Å². The fourth-order valence-electron chi connectivity index (χ4n) is 2.54. The van der Waals surface area contributed by atoms with Crippen LogP contribution >= 0.6 is 0 Å². The first kappa shape index (κ1) is 16.7. The zero-order valence-corrected chi connectivity index (χ0v) is 13.4. The minimum Gasteiger partial charge on any atom is -0.478 e. The molecule has 1 unspecified atom stereocenters. The Bertz CT molecular complexity index is 692. The number of carboxylic acid groups (broad SMARTS) is 1. The number of carbonyl (C=O) groups is 2. The summed E-state index contributed by atoms with van der Waals surface area (Å²) in [6.45, 7) is 4.00. The SMILES string of the molecule is Cc1ccccc1C(C)NC(=O)CCc1ccc(C(=O)O)cc1. The van der Waals surface area contributed by atoms with Crippen LogP contribution in [0.5, 0.6) is 0 Å². The number of benzene rings is 2. The predicted molar refractivity (Wildman–Crippen MR) is 89.5 cm³/mol. The lowest BCUT2D eigenvalue weighted by molar-refractivity contribution is -0.121. The van der Waals surface area contributed by atoms with Crippen LogP contribution in [-0.4, -0.2) is 17.0 Å². The first-order valence-corrected chi connectivity index (χ1v) is 7.64. The molecule has 4 heteroatoms. The molecule has 0 saturated heterocycles. The van der Waals surface area contributed by atoms with E-state index in [1.807, 2.05) is 38.1 Å². The molecule has 2 aromatic rings. The van der Waals surface area contributed by atoms with Gasteiger partial charge in [-0.15, -0.1) is 0 Å². The number of amides is 1. The van der Waals surface area contributed by atoms with E-state index in [1.54, 1.807) is 24.3 Å². The second-order valence-corrected chi connectivity index (χ2v) is 5.65. The molecule has 0 aliphatic heterocycles. The van der Waals surface area contributed by atoms with Crippen molar-refractivity contribution in [2.45, 2.75) is 32.7 Å². The van der Waals surface area contributed by atoms with Crippen molar-refractivity contribution >= 4 is 11.9 Å². The molecular weight excluding hydrogens is 290 g/mol. The lowest BCUT2D eigenvalue weighted by Gasteiger charge is -2.16. The van der Waals surface area contributed by atoms with E-state index in [2.05, 4.69) is 5.32 Å². The van der Waals surface area contributed by atoms with Crippen molar-refractivity contribution in [1.82, 2.24) is 5.32 Å². The third-order valence-electron chi connectivity index (χ3n) is 3.87. The van der Waals surface area contributed by atoms with E-state index in [0.717, 1.165) is 16.7 Å². The van der Waals surface area contributed by atoms with E-state index < -0.39 is 5.97 Å². The van der Waals surface area contributed by atoms with Gasteiger partial charge in [0.1, 0.15) is 0 Å². The average Bonchev–Trinajstić information content (AvgIpc) is 2.53. The number of aromatic carboxylic acids is 1. The molecule has 2 rings (SSSR count). The third-order valence-corrected chi connectivity index (χ3v) is 3.87. The first-order valence-electron chi connectivity index (χ1n) is 7.64. The summed E-state index contributed by atoms with van der Waals surface area (Å²) in [5, 5.41) is 11.9. The van der Waals surface area contributed by atoms with Gasteiger partial charge >= 0.3 is 5.97 Å². The molecule has 0 fully saturated rings. The summed E-state index contributed by atoms with van der Waals surface area (Å²) < 4.78 is 0. The molecule has 0 aromatic heterocycles. The molecule has 0 spiro atoms. The highest BCUT2D eigenvalue weighted by atomic mass is 16.4. The Balaban J connectivity index is 1.87. The Morgan fingerprint density at radius 2 is 1.74 bits per heavy atom. The van der Waals surface area contributed by atoms with Gasteiger partial charge in [0.2, 0.25) is 5.91 Å². The lowest BCUT2D eigenvalue weighted by atomic mass is 10.0. The number of carboxylic acids is 1.